The van der Waals surface area contributed by atoms with E-state index >= 15 is 0 Å². The van der Waals surface area contributed by atoms with Gasteiger partial charge >= 0.3 is 17.9 Å². The summed E-state index contributed by atoms with van der Waals surface area (Å²) in [7, 11) is 4.05. The molecule has 0 spiro atoms. The summed E-state index contributed by atoms with van der Waals surface area (Å²) in [6.07, 6.45) is 6.22. The molecule has 9 nitrogen and oxygen atoms in total. The molecule has 3 rings (SSSR count). The maximum absolute atomic E-state index is 12.5. The SMILES string of the molecule is COC(=O)C1=C(C(=O)OC)N(c2ccc3c(c2)c(C(=O)O)nn3C)C=CC=C1. The zero-order chi connectivity index (χ0) is 20.4. The molecule has 9 heteroatoms. The number of carbonyl (C=O) groups is 3. The maximum Gasteiger partial charge on any atom is 0.357 e. The molecule has 0 amide bonds. The summed E-state index contributed by atoms with van der Waals surface area (Å²) in [6.45, 7) is 0. The van der Waals surface area contributed by atoms with E-state index in [9.17, 15) is 19.5 Å². The van der Waals surface area contributed by atoms with Gasteiger partial charge in [0.1, 0.15) is 5.70 Å². The standard InChI is InChI=1S/C19H17N3O6/c1-21-14-8-7-11(10-13(14)15(20-21)17(23)24)22-9-5-4-6-12(18(25)27-2)16(22)19(26)28-3/h4-10H,1-3H3,(H,23,24). The van der Waals surface area contributed by atoms with E-state index in [0.717, 1.165) is 0 Å². The van der Waals surface area contributed by atoms with Crippen LogP contribution in [-0.4, -0.2) is 47.0 Å². The lowest BCUT2D eigenvalue weighted by Crippen LogP contribution is -2.26. The number of fused-ring (bicyclic) bond motifs is 1. The second kappa shape index (κ2) is 7.39. The number of aryl methyl sites for hydroxylation is 1. The first-order chi connectivity index (χ1) is 13.4. The first-order valence-electron chi connectivity index (χ1n) is 8.14. The number of methoxy groups -OCH3 is 2. The van der Waals surface area contributed by atoms with Crippen molar-refractivity contribution < 1.29 is 29.0 Å². The van der Waals surface area contributed by atoms with Gasteiger partial charge in [-0.3, -0.25) is 4.68 Å². The first kappa shape index (κ1) is 18.9. The fraction of sp³-hybridized carbons (Fsp3) is 0.158. The van der Waals surface area contributed by atoms with Crippen molar-refractivity contribution in [1.29, 1.82) is 0 Å². The lowest BCUT2D eigenvalue weighted by atomic mass is 10.1. The topological polar surface area (TPSA) is 111 Å². The van der Waals surface area contributed by atoms with Gasteiger partial charge in [0.05, 0.1) is 25.3 Å². The normalized spacial score (nSPS) is 13.6. The zero-order valence-corrected chi connectivity index (χ0v) is 15.4. The van der Waals surface area contributed by atoms with Gasteiger partial charge in [0.25, 0.3) is 0 Å². The minimum absolute atomic E-state index is 0.00379. The Morgan fingerprint density at radius 3 is 2.43 bits per heavy atom. The van der Waals surface area contributed by atoms with E-state index < -0.39 is 17.9 Å². The van der Waals surface area contributed by atoms with Gasteiger partial charge in [0, 0.05) is 24.3 Å². The summed E-state index contributed by atoms with van der Waals surface area (Å²) in [6, 6.07) is 4.95. The predicted molar refractivity (Wildman–Crippen MR) is 99.5 cm³/mol. The number of allylic oxidation sites excluding steroid dienone is 2. The molecule has 0 radical (unpaired) electrons. The van der Waals surface area contributed by atoms with Crippen molar-refractivity contribution in [2.75, 3.05) is 19.1 Å². The molecule has 0 fully saturated rings. The summed E-state index contributed by atoms with van der Waals surface area (Å²) in [4.78, 5) is 37.6. The Balaban J connectivity index is 2.25. The maximum atomic E-state index is 12.5. The Bertz CT molecular complexity index is 1080. The quantitative estimate of drug-likeness (QED) is 0.795. The Morgan fingerprint density at radius 2 is 1.79 bits per heavy atom. The highest BCUT2D eigenvalue weighted by atomic mass is 16.5. The fourth-order valence-electron chi connectivity index (χ4n) is 2.93. The lowest BCUT2D eigenvalue weighted by Gasteiger charge is -2.23. The number of rotatable bonds is 4. The molecule has 1 aliphatic rings. The zero-order valence-electron chi connectivity index (χ0n) is 15.4. The van der Waals surface area contributed by atoms with Crippen LogP contribution in [0.4, 0.5) is 5.69 Å². The van der Waals surface area contributed by atoms with E-state index in [-0.39, 0.29) is 17.0 Å². The molecule has 2 heterocycles. The van der Waals surface area contributed by atoms with Gasteiger partial charge in [-0.1, -0.05) is 6.08 Å². The minimum atomic E-state index is -1.17. The van der Waals surface area contributed by atoms with Gasteiger partial charge in [0.2, 0.25) is 0 Å². The van der Waals surface area contributed by atoms with Crippen molar-refractivity contribution in [3.63, 3.8) is 0 Å². The molecule has 1 aliphatic heterocycles. The molecule has 0 saturated carbocycles. The van der Waals surface area contributed by atoms with Crippen LogP contribution < -0.4 is 4.90 Å². The highest BCUT2D eigenvalue weighted by Gasteiger charge is 2.28. The third-order valence-electron chi connectivity index (χ3n) is 4.20. The number of ether oxygens (including phenoxy) is 2. The number of aromatic nitrogens is 2. The number of nitrogens with zero attached hydrogens (tertiary/aromatic N) is 3. The molecule has 28 heavy (non-hydrogen) atoms. The van der Waals surface area contributed by atoms with E-state index in [1.807, 2.05) is 0 Å². The molecule has 1 N–H and O–H groups in total. The van der Waals surface area contributed by atoms with Crippen LogP contribution in [0.15, 0.2) is 53.9 Å². The Hall–Kier alpha value is -3.88. The number of hydrogen-bond acceptors (Lipinski definition) is 7. The predicted octanol–water partition coefficient (Wildman–Crippen LogP) is 1.76. The second-order valence-corrected chi connectivity index (χ2v) is 5.79. The molecular weight excluding hydrogens is 366 g/mol. The van der Waals surface area contributed by atoms with E-state index in [4.69, 9.17) is 9.47 Å². The van der Waals surface area contributed by atoms with Crippen LogP contribution in [0.1, 0.15) is 10.5 Å². The Morgan fingerprint density at radius 1 is 1.07 bits per heavy atom. The van der Waals surface area contributed by atoms with Crippen molar-refractivity contribution in [2.24, 2.45) is 7.05 Å². The Labute approximate surface area is 159 Å². The summed E-state index contributed by atoms with van der Waals surface area (Å²) >= 11 is 0. The smallest absolute Gasteiger partial charge is 0.357 e. The van der Waals surface area contributed by atoms with Gasteiger partial charge in [-0.25, -0.2) is 14.4 Å². The van der Waals surface area contributed by atoms with Gasteiger partial charge in [-0.15, -0.1) is 0 Å². The number of aromatic carboxylic acids is 1. The number of carboxylic acids is 1. The van der Waals surface area contributed by atoms with Gasteiger partial charge in [-0.05, 0) is 30.4 Å². The van der Waals surface area contributed by atoms with E-state index in [1.54, 1.807) is 43.6 Å². The summed E-state index contributed by atoms with van der Waals surface area (Å²) in [5.41, 5.74) is 0.885. The number of anilines is 1. The molecule has 0 bridgehead atoms. The fourth-order valence-corrected chi connectivity index (χ4v) is 2.93. The molecule has 1 aromatic heterocycles. The number of benzene rings is 1. The van der Waals surface area contributed by atoms with Crippen LogP contribution in [-0.2, 0) is 26.1 Å². The van der Waals surface area contributed by atoms with Gasteiger partial charge < -0.3 is 19.5 Å². The number of carboxylic acid groups (broad SMARTS) is 1. The molecule has 2 aromatic rings. The van der Waals surface area contributed by atoms with Crippen molar-refractivity contribution in [1.82, 2.24) is 9.78 Å². The first-order valence-corrected chi connectivity index (χ1v) is 8.14. The largest absolute Gasteiger partial charge is 0.476 e. The van der Waals surface area contributed by atoms with Crippen LogP contribution in [0.3, 0.4) is 0 Å². The van der Waals surface area contributed by atoms with Crippen molar-refractivity contribution in [2.45, 2.75) is 0 Å². The number of hydrogen-bond donors (Lipinski definition) is 1. The van der Waals surface area contributed by atoms with Crippen molar-refractivity contribution in [3.05, 3.63) is 59.6 Å². The van der Waals surface area contributed by atoms with Crippen LogP contribution in [0.2, 0.25) is 0 Å². The number of esters is 2. The van der Waals surface area contributed by atoms with Gasteiger partial charge in [-0.2, -0.15) is 5.10 Å². The van der Waals surface area contributed by atoms with E-state index in [1.165, 1.54) is 29.9 Å². The molecule has 0 saturated heterocycles. The number of carbonyl (C=O) groups excluding carboxylic acids is 2. The summed E-state index contributed by atoms with van der Waals surface area (Å²) in [5, 5.41) is 13.8. The van der Waals surface area contributed by atoms with E-state index in [2.05, 4.69) is 5.10 Å². The van der Waals surface area contributed by atoms with Crippen molar-refractivity contribution in [3.8, 4) is 0 Å². The van der Waals surface area contributed by atoms with Crippen LogP contribution >= 0.6 is 0 Å². The average Bonchev–Trinajstić information content (AvgIpc) is 2.88. The molecule has 1 aromatic carbocycles. The van der Waals surface area contributed by atoms with Crippen molar-refractivity contribution >= 4 is 34.5 Å². The Kier molecular flexibility index (Phi) is 4.99. The molecule has 144 valence electrons. The van der Waals surface area contributed by atoms with Crippen LogP contribution in [0, 0.1) is 0 Å². The lowest BCUT2D eigenvalue weighted by molar-refractivity contribution is -0.139. The highest BCUT2D eigenvalue weighted by molar-refractivity contribution is 6.06. The monoisotopic (exact) mass is 383 g/mol. The molecule has 0 atom stereocenters. The highest BCUT2D eigenvalue weighted by Crippen LogP contribution is 2.30. The summed E-state index contributed by atoms with van der Waals surface area (Å²) < 4.78 is 11.1. The third-order valence-corrected chi connectivity index (χ3v) is 4.20. The average molecular weight is 383 g/mol. The minimum Gasteiger partial charge on any atom is -0.476 e. The van der Waals surface area contributed by atoms with Gasteiger partial charge in [0.15, 0.2) is 5.69 Å². The second-order valence-electron chi connectivity index (χ2n) is 5.79. The molecular formula is C19H17N3O6. The van der Waals surface area contributed by atoms with E-state index in [0.29, 0.717) is 16.6 Å². The third kappa shape index (κ3) is 3.13. The molecule has 0 aliphatic carbocycles. The molecule has 0 unspecified atom stereocenters. The summed E-state index contributed by atoms with van der Waals surface area (Å²) in [5.74, 6) is -2.63. The van der Waals surface area contributed by atoms with Crippen LogP contribution in [0.5, 0.6) is 0 Å². The van der Waals surface area contributed by atoms with Crippen LogP contribution in [0.25, 0.3) is 10.9 Å².